The third kappa shape index (κ3) is 7.57. The van der Waals surface area contributed by atoms with Gasteiger partial charge in [-0.25, -0.2) is 0 Å². The molecule has 0 fully saturated rings. The van der Waals surface area contributed by atoms with Crippen LogP contribution in [0.3, 0.4) is 0 Å². The van der Waals surface area contributed by atoms with E-state index in [2.05, 4.69) is 55.3 Å². The third-order valence-electron chi connectivity index (χ3n) is 5.59. The average molecular weight is 617 g/mol. The first-order chi connectivity index (χ1) is 14.8. The Morgan fingerprint density at radius 1 is 0.871 bits per heavy atom. The normalized spacial score (nSPS) is 10.5. The molecule has 0 amide bonds. The Morgan fingerprint density at radius 2 is 1.35 bits per heavy atom. The van der Waals surface area contributed by atoms with Crippen molar-refractivity contribution >= 4 is 21.0 Å². The molecule has 31 heavy (non-hydrogen) atoms. The second-order valence-electron chi connectivity index (χ2n) is 7.16. The molecule has 0 aromatic heterocycles. The van der Waals surface area contributed by atoms with E-state index in [0.717, 1.165) is 28.5 Å². The van der Waals surface area contributed by atoms with Gasteiger partial charge in [0, 0.05) is 5.75 Å². The van der Waals surface area contributed by atoms with Crippen molar-refractivity contribution in [3.63, 3.8) is 0 Å². The van der Waals surface area contributed by atoms with Gasteiger partial charge in [-0.1, -0.05) is 41.5 Å². The summed E-state index contributed by atoms with van der Waals surface area (Å²) in [5.41, 5.74) is 10.1. The average Bonchev–Trinajstić information content (AvgIpc) is 2.99. The van der Waals surface area contributed by atoms with Crippen molar-refractivity contribution in [3.8, 4) is 11.5 Å². The molecule has 0 heterocycles. The van der Waals surface area contributed by atoms with E-state index in [0.29, 0.717) is 0 Å². The van der Waals surface area contributed by atoms with Crippen molar-refractivity contribution in [3.05, 3.63) is 81.9 Å². The van der Waals surface area contributed by atoms with Crippen LogP contribution in [0.2, 0.25) is 0 Å². The molecule has 3 nitrogen and oxygen atoms in total. The molecule has 3 rings (SSSR count). The molecule has 3 aromatic carbocycles. The van der Waals surface area contributed by atoms with Crippen molar-refractivity contribution in [1.82, 2.24) is 0 Å². The first kappa shape index (κ1) is 27.0. The van der Waals surface area contributed by atoms with Crippen LogP contribution >= 0.6 is 9.58 Å². The van der Waals surface area contributed by atoms with E-state index in [-0.39, 0.29) is 0 Å². The Hall–Kier alpha value is -2.00. The van der Waals surface area contributed by atoms with Gasteiger partial charge in [0.25, 0.3) is 0 Å². The molecular formula is C26H31ClIrNO2. The van der Waals surface area contributed by atoms with Crippen LogP contribution in [0.5, 0.6) is 11.5 Å². The monoisotopic (exact) mass is 617 g/mol. The van der Waals surface area contributed by atoms with Gasteiger partial charge in [0.1, 0.15) is 5.75 Å². The molecule has 3 aromatic rings. The number of halogens is 1. The molecule has 0 radical (unpaired) electrons. The number of benzene rings is 2. The third-order valence-corrected chi connectivity index (χ3v) is 5.59. The molecule has 0 N–H and O–H groups in total. The van der Waals surface area contributed by atoms with E-state index < -0.39 is 0 Å². The maximum atomic E-state index is 5.12. The van der Waals surface area contributed by atoms with E-state index in [4.69, 9.17) is 9.47 Å². The van der Waals surface area contributed by atoms with Crippen molar-refractivity contribution in [2.75, 3.05) is 14.2 Å². The molecule has 0 bridgehead atoms. The molecule has 0 atom stereocenters. The van der Waals surface area contributed by atoms with E-state index in [1.165, 1.54) is 45.7 Å². The van der Waals surface area contributed by atoms with Crippen LogP contribution in [0.15, 0.2) is 47.5 Å². The van der Waals surface area contributed by atoms with Crippen LogP contribution < -0.4 is 9.47 Å². The van der Waals surface area contributed by atoms with Crippen LogP contribution in [-0.4, -0.2) is 19.9 Å². The van der Waals surface area contributed by atoms with Crippen LogP contribution in [0.4, 0.5) is 5.69 Å². The maximum absolute atomic E-state index is 5.12. The summed E-state index contributed by atoms with van der Waals surface area (Å²) in [6.45, 7) is 13.0. The fourth-order valence-electron chi connectivity index (χ4n) is 3.08. The van der Waals surface area contributed by atoms with Crippen LogP contribution in [-0.2, 0) is 17.9 Å². The number of aliphatic imine (C=N–C) groups is 1. The van der Waals surface area contributed by atoms with Gasteiger partial charge in [-0.05, 0) is 30.0 Å². The molecule has 0 unspecified atom stereocenters. The molecule has 0 saturated carbocycles. The van der Waals surface area contributed by atoms with Crippen LogP contribution in [0.25, 0.3) is 0 Å². The summed E-state index contributed by atoms with van der Waals surface area (Å²) in [5, 5.41) is 0. The van der Waals surface area contributed by atoms with Gasteiger partial charge >= 0.3 is 27.5 Å². The Morgan fingerprint density at radius 3 is 1.71 bits per heavy atom. The summed E-state index contributed by atoms with van der Waals surface area (Å²) in [6.07, 6.45) is 0. The van der Waals surface area contributed by atoms with E-state index in [1.807, 2.05) is 49.4 Å². The van der Waals surface area contributed by atoms with E-state index in [1.54, 1.807) is 14.2 Å². The van der Waals surface area contributed by atoms with Gasteiger partial charge in [-0.3, -0.25) is 0 Å². The fourth-order valence-corrected chi connectivity index (χ4v) is 3.08. The molecule has 0 aliphatic heterocycles. The molecule has 168 valence electrons. The summed E-state index contributed by atoms with van der Waals surface area (Å²) in [5.74, 6) is 1.62. The SMILES string of the molecule is COc1c[c-]c(C(C)=Nc2ccc(OC)cc2)cc1.Cc1c(C)c(C)[c-](C)c1C.[Cl][Ir+2]. The van der Waals surface area contributed by atoms with Crippen LogP contribution in [0.1, 0.15) is 40.3 Å². The Kier molecular flexibility index (Phi) is 11.7. The van der Waals surface area contributed by atoms with E-state index in [9.17, 15) is 0 Å². The van der Waals surface area contributed by atoms with Gasteiger partial charge in [0.05, 0.1) is 19.9 Å². The zero-order valence-corrected chi connectivity index (χ0v) is 22.7. The number of nitrogens with zero attached hydrogens (tertiary/aromatic N) is 1. The van der Waals surface area contributed by atoms with Crippen LogP contribution in [0, 0.1) is 40.7 Å². The quantitative estimate of drug-likeness (QED) is 0.228. The fraction of sp³-hybridized carbons (Fsp3) is 0.308. The van der Waals surface area contributed by atoms with Gasteiger partial charge in [-0.2, -0.15) is 27.8 Å². The van der Waals surface area contributed by atoms with Crippen molar-refractivity contribution in [1.29, 1.82) is 0 Å². The second kappa shape index (κ2) is 13.4. The molecule has 5 heteroatoms. The first-order valence-corrected chi connectivity index (χ1v) is 12.8. The summed E-state index contributed by atoms with van der Waals surface area (Å²) in [4.78, 5) is 4.55. The van der Waals surface area contributed by atoms with Crippen molar-refractivity contribution < 1.29 is 27.4 Å². The summed E-state index contributed by atoms with van der Waals surface area (Å²) < 4.78 is 10.2. The number of methoxy groups -OCH3 is 2. The second-order valence-corrected chi connectivity index (χ2v) is 7.16. The van der Waals surface area contributed by atoms with Gasteiger partial charge in [-0.15, -0.1) is 29.8 Å². The number of rotatable bonds is 4. The first-order valence-electron chi connectivity index (χ1n) is 9.86. The minimum atomic E-state index is 0.793. The van der Waals surface area contributed by atoms with Gasteiger partial charge < -0.3 is 14.5 Å². The standard InChI is InChI=1S/C16H16NO2.C10H15.ClH.Ir/c1-12(13-4-8-15(18-2)9-5-13)17-14-6-10-16(19-3)11-7-14;1-6-7(2)9(4)10(5)8(6)3;;/h4,6-11H,1-3H3;1-5H3;1H;/q2*-1;;+3/p-1. The zero-order valence-electron chi connectivity index (χ0n) is 19.5. The van der Waals surface area contributed by atoms with E-state index >= 15 is 0 Å². The topological polar surface area (TPSA) is 30.8 Å². The zero-order chi connectivity index (χ0) is 23.6. The summed E-state index contributed by atoms with van der Waals surface area (Å²) >= 11 is 1.47. The predicted octanol–water partition coefficient (Wildman–Crippen LogP) is 7.28. The van der Waals surface area contributed by atoms with Crippen molar-refractivity contribution in [2.24, 2.45) is 4.99 Å². The molecule has 0 spiro atoms. The number of ether oxygens (including phenoxy) is 2. The van der Waals surface area contributed by atoms with Crippen molar-refractivity contribution in [2.45, 2.75) is 41.5 Å². The minimum absolute atomic E-state index is 0.793. The number of hydrogen-bond donors (Lipinski definition) is 0. The summed E-state index contributed by atoms with van der Waals surface area (Å²) in [7, 11) is 7.93. The Bertz CT molecular complexity index is 894. The molecular weight excluding hydrogens is 586 g/mol. The Balaban J connectivity index is 0.000000337. The molecule has 0 aliphatic rings. The molecule has 0 saturated heterocycles. The predicted molar refractivity (Wildman–Crippen MR) is 128 cm³/mol. The number of hydrogen-bond acceptors (Lipinski definition) is 3. The van der Waals surface area contributed by atoms with Gasteiger partial charge in [0.2, 0.25) is 0 Å². The van der Waals surface area contributed by atoms with Gasteiger partial charge in [0.15, 0.2) is 0 Å². The molecule has 0 aliphatic carbocycles. The Labute approximate surface area is 202 Å². The summed E-state index contributed by atoms with van der Waals surface area (Å²) in [6, 6.07) is 16.4.